The summed E-state index contributed by atoms with van der Waals surface area (Å²) in [5, 5.41) is 8.64. The molecule has 0 saturated carbocycles. The van der Waals surface area contributed by atoms with Crippen molar-refractivity contribution in [3.63, 3.8) is 0 Å². The van der Waals surface area contributed by atoms with Crippen LogP contribution < -0.4 is 4.74 Å². The molecule has 0 aromatic heterocycles. The number of hydrogen-bond acceptors (Lipinski definition) is 2. The number of benzene rings is 1. The molecule has 1 rings (SSSR count). The Morgan fingerprint density at radius 3 is 2.82 bits per heavy atom. The summed E-state index contributed by atoms with van der Waals surface area (Å²) in [5.41, 5.74) is 1.87. The van der Waals surface area contributed by atoms with Crippen molar-refractivity contribution >= 4 is 12.0 Å². The van der Waals surface area contributed by atoms with E-state index >= 15 is 0 Å². The molecule has 0 aliphatic carbocycles. The van der Waals surface area contributed by atoms with E-state index in [2.05, 4.69) is 0 Å². The minimum absolute atomic E-state index is 0.120. The second kappa shape index (κ2) is 6.09. The van der Waals surface area contributed by atoms with E-state index in [1.165, 1.54) is 0 Å². The maximum atomic E-state index is 10.5. The van der Waals surface area contributed by atoms with Crippen LogP contribution in [0, 0.1) is 6.92 Å². The van der Waals surface area contributed by atoms with Crippen molar-refractivity contribution in [2.45, 2.75) is 33.3 Å². The van der Waals surface area contributed by atoms with Crippen molar-refractivity contribution in [2.24, 2.45) is 0 Å². The summed E-state index contributed by atoms with van der Waals surface area (Å²) in [6.07, 6.45) is 3.72. The molecule has 1 atom stereocenters. The SMILES string of the molecule is CCC(C)Oc1ccc(C)cc1/C=C/C(=O)O. The standard InChI is InChI=1S/C14H18O3/c1-4-11(3)17-13-7-5-10(2)9-12(13)6-8-14(15)16/h5-9,11H,4H2,1-3H3,(H,15,16)/b8-6+. The first-order valence-corrected chi connectivity index (χ1v) is 5.71. The lowest BCUT2D eigenvalue weighted by Crippen LogP contribution is -2.10. The van der Waals surface area contributed by atoms with Gasteiger partial charge in [0.25, 0.3) is 0 Å². The van der Waals surface area contributed by atoms with Crippen molar-refractivity contribution in [3.8, 4) is 5.75 Å². The van der Waals surface area contributed by atoms with Crippen LogP contribution in [0.5, 0.6) is 5.75 Å². The lowest BCUT2D eigenvalue weighted by molar-refractivity contribution is -0.131. The van der Waals surface area contributed by atoms with Gasteiger partial charge in [-0.3, -0.25) is 0 Å². The molecule has 3 heteroatoms. The van der Waals surface area contributed by atoms with Crippen LogP contribution in [0.15, 0.2) is 24.3 Å². The third kappa shape index (κ3) is 4.31. The van der Waals surface area contributed by atoms with Gasteiger partial charge in [0, 0.05) is 11.6 Å². The highest BCUT2D eigenvalue weighted by Gasteiger charge is 2.05. The average molecular weight is 234 g/mol. The van der Waals surface area contributed by atoms with Crippen LogP contribution in [-0.4, -0.2) is 17.2 Å². The van der Waals surface area contributed by atoms with Crippen LogP contribution in [-0.2, 0) is 4.79 Å². The van der Waals surface area contributed by atoms with Gasteiger partial charge in [-0.25, -0.2) is 4.79 Å². The summed E-state index contributed by atoms with van der Waals surface area (Å²) in [6, 6.07) is 5.75. The number of carbonyl (C=O) groups is 1. The van der Waals surface area contributed by atoms with Crippen molar-refractivity contribution < 1.29 is 14.6 Å². The zero-order valence-electron chi connectivity index (χ0n) is 10.4. The van der Waals surface area contributed by atoms with Gasteiger partial charge >= 0.3 is 5.97 Å². The molecule has 0 aliphatic heterocycles. The van der Waals surface area contributed by atoms with Crippen molar-refractivity contribution in [3.05, 3.63) is 35.4 Å². The fourth-order valence-corrected chi connectivity index (χ4v) is 1.37. The lowest BCUT2D eigenvalue weighted by atomic mass is 10.1. The summed E-state index contributed by atoms with van der Waals surface area (Å²) in [4.78, 5) is 10.5. The van der Waals surface area contributed by atoms with Gasteiger partial charge in [-0.1, -0.05) is 18.6 Å². The summed E-state index contributed by atoms with van der Waals surface area (Å²) in [7, 11) is 0. The fraction of sp³-hybridized carbons (Fsp3) is 0.357. The number of ether oxygens (including phenoxy) is 1. The predicted molar refractivity (Wildman–Crippen MR) is 68.2 cm³/mol. The fourth-order valence-electron chi connectivity index (χ4n) is 1.37. The van der Waals surface area contributed by atoms with Gasteiger partial charge in [-0.05, 0) is 38.5 Å². The molecule has 0 spiro atoms. The van der Waals surface area contributed by atoms with Gasteiger partial charge < -0.3 is 9.84 Å². The lowest BCUT2D eigenvalue weighted by Gasteiger charge is -2.15. The molecule has 1 aromatic rings. The van der Waals surface area contributed by atoms with Gasteiger partial charge in [-0.15, -0.1) is 0 Å². The normalized spacial score (nSPS) is 12.6. The number of hydrogen-bond donors (Lipinski definition) is 1. The number of rotatable bonds is 5. The Morgan fingerprint density at radius 1 is 1.53 bits per heavy atom. The molecule has 3 nitrogen and oxygen atoms in total. The first-order chi connectivity index (χ1) is 8.02. The van der Waals surface area contributed by atoms with Crippen molar-refractivity contribution in [1.82, 2.24) is 0 Å². The number of aryl methyl sites for hydroxylation is 1. The zero-order valence-corrected chi connectivity index (χ0v) is 10.4. The highest BCUT2D eigenvalue weighted by molar-refractivity contribution is 5.85. The summed E-state index contributed by atoms with van der Waals surface area (Å²) in [6.45, 7) is 6.00. The average Bonchev–Trinajstić information content (AvgIpc) is 2.29. The zero-order chi connectivity index (χ0) is 12.8. The smallest absolute Gasteiger partial charge is 0.328 e. The van der Waals surface area contributed by atoms with Gasteiger partial charge in [0.15, 0.2) is 0 Å². The second-order valence-electron chi connectivity index (χ2n) is 4.05. The molecule has 92 valence electrons. The Labute approximate surface area is 102 Å². The monoisotopic (exact) mass is 234 g/mol. The van der Waals surface area contributed by atoms with Crippen LogP contribution in [0.1, 0.15) is 31.4 Å². The highest BCUT2D eigenvalue weighted by Crippen LogP contribution is 2.23. The molecule has 0 heterocycles. The molecule has 0 fully saturated rings. The molecule has 0 bridgehead atoms. The molecular formula is C14H18O3. The predicted octanol–water partition coefficient (Wildman–Crippen LogP) is 3.27. The Hall–Kier alpha value is -1.77. The van der Waals surface area contributed by atoms with Gasteiger partial charge in [-0.2, -0.15) is 0 Å². The minimum Gasteiger partial charge on any atom is -0.490 e. The molecule has 0 aliphatic rings. The van der Waals surface area contributed by atoms with Crippen LogP contribution in [0.4, 0.5) is 0 Å². The largest absolute Gasteiger partial charge is 0.490 e. The van der Waals surface area contributed by atoms with Gasteiger partial charge in [0.05, 0.1) is 6.10 Å². The molecule has 1 unspecified atom stereocenters. The van der Waals surface area contributed by atoms with Crippen molar-refractivity contribution in [1.29, 1.82) is 0 Å². The van der Waals surface area contributed by atoms with E-state index in [-0.39, 0.29) is 6.10 Å². The summed E-state index contributed by atoms with van der Waals surface area (Å²) < 4.78 is 5.74. The second-order valence-corrected chi connectivity index (χ2v) is 4.05. The quantitative estimate of drug-likeness (QED) is 0.795. The van der Waals surface area contributed by atoms with Crippen molar-refractivity contribution in [2.75, 3.05) is 0 Å². The maximum Gasteiger partial charge on any atom is 0.328 e. The topological polar surface area (TPSA) is 46.5 Å². The molecule has 0 amide bonds. The molecule has 17 heavy (non-hydrogen) atoms. The van der Waals surface area contributed by atoms with Crippen LogP contribution in [0.25, 0.3) is 6.08 Å². The highest BCUT2D eigenvalue weighted by atomic mass is 16.5. The molecule has 0 saturated heterocycles. The third-order valence-electron chi connectivity index (χ3n) is 2.47. The minimum atomic E-state index is -0.957. The van der Waals surface area contributed by atoms with Crippen LogP contribution >= 0.6 is 0 Å². The van der Waals surface area contributed by atoms with Crippen LogP contribution in [0.2, 0.25) is 0 Å². The van der Waals surface area contributed by atoms with E-state index in [1.807, 2.05) is 39.0 Å². The first kappa shape index (κ1) is 13.3. The van der Waals surface area contributed by atoms with Crippen LogP contribution in [0.3, 0.4) is 0 Å². The van der Waals surface area contributed by atoms with E-state index in [9.17, 15) is 4.79 Å². The summed E-state index contributed by atoms with van der Waals surface area (Å²) in [5.74, 6) is -0.233. The van der Waals surface area contributed by atoms with E-state index in [4.69, 9.17) is 9.84 Å². The van der Waals surface area contributed by atoms with Gasteiger partial charge in [0.1, 0.15) is 5.75 Å². The number of aliphatic carboxylic acids is 1. The Morgan fingerprint density at radius 2 is 2.24 bits per heavy atom. The molecular weight excluding hydrogens is 216 g/mol. The molecule has 1 N–H and O–H groups in total. The Bertz CT molecular complexity index is 421. The van der Waals surface area contributed by atoms with Gasteiger partial charge in [0.2, 0.25) is 0 Å². The third-order valence-corrected chi connectivity index (χ3v) is 2.47. The Balaban J connectivity index is 2.99. The van der Waals surface area contributed by atoms with E-state index in [1.54, 1.807) is 6.08 Å². The summed E-state index contributed by atoms with van der Waals surface area (Å²) >= 11 is 0. The number of carboxylic acid groups (broad SMARTS) is 1. The molecule has 0 radical (unpaired) electrons. The number of carboxylic acids is 1. The maximum absolute atomic E-state index is 10.5. The van der Waals surface area contributed by atoms with E-state index in [0.29, 0.717) is 0 Å². The first-order valence-electron chi connectivity index (χ1n) is 5.71. The Kier molecular flexibility index (Phi) is 4.76. The van der Waals surface area contributed by atoms with E-state index < -0.39 is 5.97 Å². The van der Waals surface area contributed by atoms with E-state index in [0.717, 1.165) is 29.4 Å². The molecule has 1 aromatic carbocycles.